The van der Waals surface area contributed by atoms with Crippen molar-refractivity contribution >= 4 is 59.2 Å². The average molecular weight is 1050 g/mol. The Morgan fingerprint density at radius 3 is 1.32 bits per heavy atom. The van der Waals surface area contributed by atoms with Gasteiger partial charge in [-0.25, -0.2) is 9.59 Å². The minimum absolute atomic E-state index is 0.0140. The highest BCUT2D eigenvalue weighted by molar-refractivity contribution is 8.24. The summed E-state index contributed by atoms with van der Waals surface area (Å²) in [5.74, 6) is -1.02. The van der Waals surface area contributed by atoms with E-state index in [4.69, 9.17) is 33.2 Å². The summed E-state index contributed by atoms with van der Waals surface area (Å²) in [4.78, 5) is 77.2. The molecule has 3 aromatic rings. The summed E-state index contributed by atoms with van der Waals surface area (Å²) in [6.07, 6.45) is 13.1. The highest BCUT2D eigenvalue weighted by atomic mass is 32.2. The zero-order valence-corrected chi connectivity index (χ0v) is 43.2. The summed E-state index contributed by atoms with van der Waals surface area (Å²) in [5.41, 5.74) is 0.616. The Labute approximate surface area is 440 Å². The Balaban J connectivity index is 0.925. The third-order valence-corrected chi connectivity index (χ3v) is 15.7. The number of nitrogens with zero attached hydrogens (tertiary/aromatic N) is 2. The number of ether oxygens (including phenoxy) is 7. The summed E-state index contributed by atoms with van der Waals surface area (Å²) < 4.78 is 39.4. The summed E-state index contributed by atoms with van der Waals surface area (Å²) in [6, 6.07) is 21.1. The smallest absolute Gasteiger partial charge is 0.330 e. The summed E-state index contributed by atoms with van der Waals surface area (Å²) in [6.45, 7) is 8.55. The molecule has 1 aliphatic heterocycles. The molecule has 2 aliphatic carbocycles. The normalized spacial score (nSPS) is 17.7. The maximum Gasteiger partial charge on any atom is 0.330 e. The van der Waals surface area contributed by atoms with Gasteiger partial charge in [-0.1, -0.05) is 42.7 Å². The SMILES string of the molecule is C=CC(=O)OCCCCCCOc1ccc(OC(=O)C2CCC(C(=O)Cc3ccc(OC(=O)C4CCC(C(=O)Oc5ccc(OCCCCCCOC(=O)C=C)cc5)CC4)c4c3SC(=C(C#N)C#N)S4)CC2)cc1. The first-order chi connectivity index (χ1) is 36.0. The molecule has 3 aliphatic rings. The Bertz CT molecular complexity index is 2410. The van der Waals surface area contributed by atoms with Crippen LogP contribution in [-0.2, 0) is 44.7 Å². The van der Waals surface area contributed by atoms with E-state index in [2.05, 4.69) is 13.2 Å². The van der Waals surface area contributed by atoms with Crippen molar-refractivity contribution in [1.82, 2.24) is 0 Å². The second-order valence-corrected chi connectivity index (χ2v) is 20.5. The first-order valence-electron chi connectivity index (χ1n) is 25.3. The van der Waals surface area contributed by atoms with Crippen molar-refractivity contribution in [2.24, 2.45) is 23.7 Å². The molecule has 0 aromatic heterocycles. The molecule has 0 bridgehead atoms. The Morgan fingerprint density at radius 2 is 0.892 bits per heavy atom. The predicted octanol–water partition coefficient (Wildman–Crippen LogP) is 11.3. The van der Waals surface area contributed by atoms with Crippen LogP contribution in [-0.4, -0.2) is 62.1 Å². The van der Waals surface area contributed by atoms with Gasteiger partial charge in [0.05, 0.1) is 53.3 Å². The lowest BCUT2D eigenvalue weighted by molar-refractivity contribution is -0.145. The number of benzene rings is 3. The molecule has 0 atom stereocenters. The van der Waals surface area contributed by atoms with Crippen molar-refractivity contribution in [3.8, 4) is 40.9 Å². The van der Waals surface area contributed by atoms with E-state index < -0.39 is 23.8 Å². The van der Waals surface area contributed by atoms with Gasteiger partial charge in [0.1, 0.15) is 52.2 Å². The van der Waals surface area contributed by atoms with Crippen LogP contribution in [0.4, 0.5) is 0 Å². The predicted molar refractivity (Wildman–Crippen MR) is 276 cm³/mol. The zero-order chi connectivity index (χ0) is 52.7. The molecule has 3 aromatic carbocycles. The van der Waals surface area contributed by atoms with Gasteiger partial charge in [-0.15, -0.1) is 0 Å². The van der Waals surface area contributed by atoms with Crippen LogP contribution in [0.25, 0.3) is 0 Å². The highest BCUT2D eigenvalue weighted by Crippen LogP contribution is 2.57. The molecule has 6 rings (SSSR count). The lowest BCUT2D eigenvalue weighted by atomic mass is 9.79. The number of fused-ring (bicyclic) bond motifs is 1. The summed E-state index contributed by atoms with van der Waals surface area (Å²) >= 11 is 2.38. The number of unbranched alkanes of at least 4 members (excludes halogenated alkanes) is 6. The molecule has 17 heteroatoms. The van der Waals surface area contributed by atoms with Crippen LogP contribution in [0.5, 0.6) is 28.7 Å². The number of Topliss-reactive ketones (excluding diaryl/α,β-unsaturated/α-hetero) is 1. The number of carbonyl (C=O) groups excluding carboxylic acids is 6. The van der Waals surface area contributed by atoms with Crippen LogP contribution in [0.15, 0.2) is 106 Å². The first-order valence-corrected chi connectivity index (χ1v) is 26.9. The maximum atomic E-state index is 13.8. The topological polar surface area (TPSA) is 215 Å². The second kappa shape index (κ2) is 29.8. The Hall–Kier alpha value is -6.82. The number of allylic oxidation sites excluding steroid dienone is 1. The van der Waals surface area contributed by atoms with Crippen LogP contribution >= 0.6 is 23.5 Å². The van der Waals surface area contributed by atoms with Crippen molar-refractivity contribution < 1.29 is 61.9 Å². The maximum absolute atomic E-state index is 13.8. The van der Waals surface area contributed by atoms with E-state index in [0.29, 0.717) is 120 Å². The van der Waals surface area contributed by atoms with Crippen LogP contribution < -0.4 is 23.7 Å². The van der Waals surface area contributed by atoms with E-state index in [1.54, 1.807) is 60.7 Å². The van der Waals surface area contributed by atoms with Gasteiger partial charge in [-0.2, -0.15) is 10.5 Å². The molecule has 0 saturated heterocycles. The van der Waals surface area contributed by atoms with Crippen molar-refractivity contribution in [3.63, 3.8) is 0 Å². The second-order valence-electron chi connectivity index (χ2n) is 18.2. The molecule has 0 unspecified atom stereocenters. The number of nitriles is 2. The fourth-order valence-corrected chi connectivity index (χ4v) is 11.3. The van der Waals surface area contributed by atoms with Gasteiger partial charge >= 0.3 is 29.8 Å². The molecule has 390 valence electrons. The minimum atomic E-state index is -0.459. The number of rotatable bonds is 27. The van der Waals surface area contributed by atoms with Gasteiger partial charge in [0.2, 0.25) is 0 Å². The van der Waals surface area contributed by atoms with Crippen LogP contribution in [0.2, 0.25) is 0 Å². The molecule has 0 amide bonds. The lowest BCUT2D eigenvalue weighted by Gasteiger charge is -2.27. The van der Waals surface area contributed by atoms with E-state index in [-0.39, 0.29) is 53.2 Å². The lowest BCUT2D eigenvalue weighted by Crippen LogP contribution is -2.30. The fraction of sp³-hybridized carbons (Fsp3) is 0.439. The van der Waals surface area contributed by atoms with Gasteiger partial charge in [-0.05, 0) is 163 Å². The van der Waals surface area contributed by atoms with Crippen molar-refractivity contribution in [2.45, 2.75) is 119 Å². The molecular weight excluding hydrogens is 985 g/mol. The van der Waals surface area contributed by atoms with Gasteiger partial charge in [0.25, 0.3) is 0 Å². The number of thioether (sulfide) groups is 2. The van der Waals surface area contributed by atoms with Gasteiger partial charge in [-0.3, -0.25) is 19.2 Å². The van der Waals surface area contributed by atoms with E-state index in [0.717, 1.165) is 63.5 Å². The van der Waals surface area contributed by atoms with E-state index in [9.17, 15) is 39.3 Å². The van der Waals surface area contributed by atoms with Gasteiger partial charge in [0.15, 0.2) is 0 Å². The summed E-state index contributed by atoms with van der Waals surface area (Å²) in [5, 5.41) is 19.4. The van der Waals surface area contributed by atoms with Gasteiger partial charge < -0.3 is 33.2 Å². The first kappa shape index (κ1) is 56.5. The van der Waals surface area contributed by atoms with Crippen LogP contribution in [0.3, 0.4) is 0 Å². The largest absolute Gasteiger partial charge is 0.494 e. The Kier molecular flexibility index (Phi) is 22.7. The molecule has 15 nitrogen and oxygen atoms in total. The standard InChI is InChI=1S/C57H62N2O13S2/c1-3-50(61)68-33-11-7-5-9-31-66-44-22-26-46(27-23-44)70-54(63)39-15-13-38(14-16-39)48(60)35-42-21-30-49(53-52(42)73-57(74-53)43(36-58)37-59)72-56(65)41-19-17-40(18-20-41)55(64)71-47-28-24-45(25-29-47)67-32-10-6-8-12-34-69-51(62)4-2/h3-4,21-30,38-41H,1-2,5-20,31-35H2. The van der Waals surface area contributed by atoms with Crippen LogP contribution in [0.1, 0.15) is 108 Å². The third-order valence-electron chi connectivity index (χ3n) is 13.0. The molecule has 0 N–H and O–H groups in total. The third kappa shape index (κ3) is 17.4. The van der Waals surface area contributed by atoms with Crippen molar-refractivity contribution in [3.05, 3.63) is 101 Å². The number of hydrogen-bond donors (Lipinski definition) is 0. The average Bonchev–Trinajstić information content (AvgIpc) is 3.88. The Morgan fingerprint density at radius 1 is 0.500 bits per heavy atom. The van der Waals surface area contributed by atoms with Crippen molar-refractivity contribution in [2.75, 3.05) is 26.4 Å². The fourth-order valence-electron chi connectivity index (χ4n) is 8.74. The zero-order valence-electron chi connectivity index (χ0n) is 41.5. The monoisotopic (exact) mass is 1050 g/mol. The van der Waals surface area contributed by atoms with Gasteiger partial charge in [0, 0.05) is 29.4 Å². The number of carbonyl (C=O) groups is 6. The molecule has 2 saturated carbocycles. The number of esters is 5. The van der Waals surface area contributed by atoms with Crippen molar-refractivity contribution in [1.29, 1.82) is 10.5 Å². The number of hydrogen-bond acceptors (Lipinski definition) is 17. The quantitative estimate of drug-likeness (QED) is 0.0228. The summed E-state index contributed by atoms with van der Waals surface area (Å²) in [7, 11) is 0. The van der Waals surface area contributed by atoms with Crippen LogP contribution in [0, 0.1) is 46.3 Å². The molecule has 0 spiro atoms. The molecule has 74 heavy (non-hydrogen) atoms. The molecular formula is C57H62N2O13S2. The number of ketones is 1. The highest BCUT2D eigenvalue weighted by Gasteiger charge is 2.36. The van der Waals surface area contributed by atoms with E-state index in [1.165, 1.54) is 23.5 Å². The minimum Gasteiger partial charge on any atom is -0.494 e. The van der Waals surface area contributed by atoms with E-state index >= 15 is 0 Å². The molecule has 1 heterocycles. The molecule has 0 radical (unpaired) electrons. The van der Waals surface area contributed by atoms with E-state index in [1.807, 2.05) is 12.1 Å². The molecule has 2 fully saturated rings.